The predicted molar refractivity (Wildman–Crippen MR) is 101 cm³/mol. The lowest BCUT2D eigenvalue weighted by Crippen LogP contribution is -2.43. The van der Waals surface area contributed by atoms with Gasteiger partial charge in [-0.2, -0.15) is 0 Å². The van der Waals surface area contributed by atoms with Gasteiger partial charge >= 0.3 is 0 Å². The number of rotatable bonds is 4. The van der Waals surface area contributed by atoms with Crippen LogP contribution in [0.15, 0.2) is 42.5 Å². The highest BCUT2D eigenvalue weighted by molar-refractivity contribution is 5.85. The molecule has 1 fully saturated rings. The molecule has 0 saturated carbocycles. The molecule has 0 spiro atoms. The number of benzene rings is 2. The van der Waals surface area contributed by atoms with E-state index in [9.17, 15) is 9.18 Å². The van der Waals surface area contributed by atoms with E-state index in [1.54, 1.807) is 19.2 Å². The maximum atomic E-state index is 13.1. The van der Waals surface area contributed by atoms with E-state index in [4.69, 9.17) is 9.47 Å². The summed E-state index contributed by atoms with van der Waals surface area (Å²) in [6.07, 6.45) is 3.46. The Morgan fingerprint density at radius 2 is 1.74 bits per heavy atom. The minimum absolute atomic E-state index is 0.0651. The van der Waals surface area contributed by atoms with Gasteiger partial charge in [0.15, 0.2) is 0 Å². The molecule has 1 atom stereocenters. The molecule has 1 aliphatic heterocycles. The Morgan fingerprint density at radius 3 is 2.44 bits per heavy atom. The highest BCUT2D eigenvalue weighted by Crippen LogP contribution is 2.37. The average Bonchev–Trinajstić information content (AvgIpc) is 3.13. The van der Waals surface area contributed by atoms with E-state index in [1.807, 2.05) is 17.0 Å². The van der Waals surface area contributed by atoms with Gasteiger partial charge in [-0.3, -0.25) is 4.79 Å². The maximum Gasteiger partial charge on any atom is 0.230 e. The van der Waals surface area contributed by atoms with Crippen LogP contribution < -0.4 is 9.47 Å². The summed E-state index contributed by atoms with van der Waals surface area (Å²) in [6.45, 7) is 1.39. The summed E-state index contributed by atoms with van der Waals surface area (Å²) in [5, 5.41) is 0. The summed E-state index contributed by atoms with van der Waals surface area (Å²) >= 11 is 0. The Hall–Kier alpha value is -2.56. The van der Waals surface area contributed by atoms with Crippen LogP contribution in [-0.4, -0.2) is 37.1 Å². The van der Waals surface area contributed by atoms with Gasteiger partial charge in [0.25, 0.3) is 0 Å². The quantitative estimate of drug-likeness (QED) is 0.820. The second-order valence-corrected chi connectivity index (χ2v) is 7.25. The molecule has 1 aliphatic carbocycles. The normalized spacial score (nSPS) is 19.6. The van der Waals surface area contributed by atoms with Crippen molar-refractivity contribution < 1.29 is 18.7 Å². The maximum absolute atomic E-state index is 13.1. The minimum Gasteiger partial charge on any atom is -0.497 e. The SMILES string of the molecule is COc1ccc2c(c1)C(C(=O)N1CCC(Oc3ccc(F)cc3)CC1)CC2. The first-order valence-electron chi connectivity index (χ1n) is 9.52. The van der Waals surface area contributed by atoms with E-state index < -0.39 is 0 Å². The molecule has 142 valence electrons. The van der Waals surface area contributed by atoms with E-state index in [0.29, 0.717) is 18.8 Å². The first-order chi connectivity index (χ1) is 13.1. The fourth-order valence-corrected chi connectivity index (χ4v) is 4.08. The summed E-state index contributed by atoms with van der Waals surface area (Å²) in [5.41, 5.74) is 2.37. The van der Waals surface area contributed by atoms with Gasteiger partial charge in [0, 0.05) is 25.9 Å². The number of likely N-dealkylation sites (tertiary alicyclic amines) is 1. The Kier molecular flexibility index (Phi) is 5.01. The number of amides is 1. The molecule has 4 nitrogen and oxygen atoms in total. The third-order valence-corrected chi connectivity index (χ3v) is 5.60. The topological polar surface area (TPSA) is 38.8 Å². The highest BCUT2D eigenvalue weighted by Gasteiger charge is 2.34. The summed E-state index contributed by atoms with van der Waals surface area (Å²) in [7, 11) is 1.65. The minimum atomic E-state index is -0.267. The number of aryl methyl sites for hydroxylation is 1. The smallest absolute Gasteiger partial charge is 0.230 e. The number of ether oxygens (including phenoxy) is 2. The third-order valence-electron chi connectivity index (χ3n) is 5.60. The standard InChI is InChI=1S/C22H24FNO3/c1-26-19-6-2-15-3-9-20(21(15)14-19)22(25)24-12-10-18(11-13-24)27-17-7-4-16(23)5-8-17/h2,4-8,14,18,20H,3,9-13H2,1H3. The first-order valence-corrected chi connectivity index (χ1v) is 9.52. The molecule has 4 rings (SSSR count). The molecule has 1 heterocycles. The van der Waals surface area contributed by atoms with Crippen LogP contribution in [0, 0.1) is 5.82 Å². The van der Waals surface area contributed by atoms with Crippen molar-refractivity contribution in [3.8, 4) is 11.5 Å². The fraction of sp³-hybridized carbons (Fsp3) is 0.409. The number of fused-ring (bicyclic) bond motifs is 1. The predicted octanol–water partition coefficient (Wildman–Crippen LogP) is 3.93. The second kappa shape index (κ2) is 7.59. The number of methoxy groups -OCH3 is 1. The molecular weight excluding hydrogens is 345 g/mol. The van der Waals surface area contributed by atoms with Crippen molar-refractivity contribution in [3.63, 3.8) is 0 Å². The highest BCUT2D eigenvalue weighted by atomic mass is 19.1. The van der Waals surface area contributed by atoms with Gasteiger partial charge in [-0.05, 0) is 60.4 Å². The van der Waals surface area contributed by atoms with Crippen molar-refractivity contribution in [1.29, 1.82) is 0 Å². The van der Waals surface area contributed by atoms with Crippen LogP contribution in [0.2, 0.25) is 0 Å². The lowest BCUT2D eigenvalue weighted by Gasteiger charge is -2.34. The zero-order chi connectivity index (χ0) is 18.8. The Labute approximate surface area is 158 Å². The van der Waals surface area contributed by atoms with Gasteiger partial charge in [0.1, 0.15) is 23.4 Å². The van der Waals surface area contributed by atoms with Crippen LogP contribution in [0.5, 0.6) is 11.5 Å². The van der Waals surface area contributed by atoms with E-state index >= 15 is 0 Å². The zero-order valence-electron chi connectivity index (χ0n) is 15.5. The molecule has 1 amide bonds. The van der Waals surface area contributed by atoms with Crippen molar-refractivity contribution in [1.82, 2.24) is 4.90 Å². The summed E-state index contributed by atoms with van der Waals surface area (Å²) in [4.78, 5) is 15.0. The molecule has 1 saturated heterocycles. The molecule has 0 N–H and O–H groups in total. The number of carbonyl (C=O) groups excluding carboxylic acids is 1. The molecule has 5 heteroatoms. The van der Waals surface area contributed by atoms with Crippen LogP contribution >= 0.6 is 0 Å². The Balaban J connectivity index is 1.36. The Bertz CT molecular complexity index is 813. The van der Waals surface area contributed by atoms with Crippen LogP contribution in [0.1, 0.15) is 36.3 Å². The molecule has 0 bridgehead atoms. The lowest BCUT2D eigenvalue weighted by atomic mass is 9.97. The van der Waals surface area contributed by atoms with E-state index in [2.05, 4.69) is 6.07 Å². The third kappa shape index (κ3) is 3.77. The fourth-order valence-electron chi connectivity index (χ4n) is 4.08. The van der Waals surface area contributed by atoms with E-state index in [-0.39, 0.29) is 23.7 Å². The van der Waals surface area contributed by atoms with Gasteiger partial charge in [-0.1, -0.05) is 6.07 Å². The van der Waals surface area contributed by atoms with Crippen LogP contribution in [0.25, 0.3) is 0 Å². The van der Waals surface area contributed by atoms with Gasteiger partial charge in [-0.15, -0.1) is 0 Å². The number of hydrogen-bond acceptors (Lipinski definition) is 3. The first kappa shape index (κ1) is 17.8. The summed E-state index contributed by atoms with van der Waals surface area (Å²) in [5.74, 6) is 1.36. The molecule has 27 heavy (non-hydrogen) atoms. The van der Waals surface area contributed by atoms with Crippen molar-refractivity contribution in [2.75, 3.05) is 20.2 Å². The van der Waals surface area contributed by atoms with Gasteiger partial charge < -0.3 is 14.4 Å². The van der Waals surface area contributed by atoms with E-state index in [0.717, 1.165) is 37.0 Å². The zero-order valence-corrected chi connectivity index (χ0v) is 15.5. The van der Waals surface area contributed by atoms with Crippen LogP contribution in [0.3, 0.4) is 0 Å². The van der Waals surface area contributed by atoms with Gasteiger partial charge in [0.05, 0.1) is 13.0 Å². The largest absolute Gasteiger partial charge is 0.497 e. The number of carbonyl (C=O) groups is 1. The van der Waals surface area contributed by atoms with Crippen LogP contribution in [-0.2, 0) is 11.2 Å². The molecule has 1 unspecified atom stereocenters. The number of piperidine rings is 1. The van der Waals surface area contributed by atoms with Crippen molar-refractivity contribution >= 4 is 5.91 Å². The molecule has 2 aromatic rings. The molecular formula is C22H24FNO3. The van der Waals surface area contributed by atoms with Crippen molar-refractivity contribution in [2.24, 2.45) is 0 Å². The number of nitrogens with zero attached hydrogens (tertiary/aromatic N) is 1. The molecule has 2 aliphatic rings. The van der Waals surface area contributed by atoms with Gasteiger partial charge in [0.2, 0.25) is 5.91 Å². The van der Waals surface area contributed by atoms with Gasteiger partial charge in [-0.25, -0.2) is 4.39 Å². The summed E-state index contributed by atoms with van der Waals surface area (Å²) < 4.78 is 24.3. The number of halogens is 1. The van der Waals surface area contributed by atoms with E-state index in [1.165, 1.54) is 17.7 Å². The average molecular weight is 369 g/mol. The molecule has 2 aromatic carbocycles. The van der Waals surface area contributed by atoms with Crippen LogP contribution in [0.4, 0.5) is 4.39 Å². The second-order valence-electron chi connectivity index (χ2n) is 7.25. The van der Waals surface area contributed by atoms with Crippen molar-refractivity contribution in [2.45, 2.75) is 37.7 Å². The Morgan fingerprint density at radius 1 is 1.04 bits per heavy atom. The summed E-state index contributed by atoms with van der Waals surface area (Å²) in [6, 6.07) is 12.1. The van der Waals surface area contributed by atoms with Crippen molar-refractivity contribution in [3.05, 3.63) is 59.4 Å². The molecule has 0 aromatic heterocycles. The number of hydrogen-bond donors (Lipinski definition) is 0. The lowest BCUT2D eigenvalue weighted by molar-refractivity contribution is -0.134. The monoisotopic (exact) mass is 369 g/mol. The molecule has 0 radical (unpaired) electrons.